The van der Waals surface area contributed by atoms with Crippen molar-refractivity contribution >= 4 is 6.21 Å². The molecule has 5 nitrogen and oxygen atoms in total. The maximum atomic E-state index is 5.82. The fraction of sp³-hybridized carbons (Fsp3) is 0.533. The maximum absolute atomic E-state index is 5.82. The summed E-state index contributed by atoms with van der Waals surface area (Å²) >= 11 is 0. The van der Waals surface area contributed by atoms with Crippen molar-refractivity contribution in [2.75, 3.05) is 26.8 Å². The minimum absolute atomic E-state index is 0.637. The number of hydrazone groups is 1. The molecule has 1 saturated heterocycles. The summed E-state index contributed by atoms with van der Waals surface area (Å²) in [6.45, 7) is 3.61. The maximum Gasteiger partial charge on any atom is 0.119 e. The Morgan fingerprint density at radius 2 is 2.20 bits per heavy atom. The molecule has 0 spiro atoms. The van der Waals surface area contributed by atoms with Crippen LogP contribution >= 0.6 is 0 Å². The predicted molar refractivity (Wildman–Crippen MR) is 77.7 cm³/mol. The molecule has 0 aromatic heterocycles. The largest absolute Gasteiger partial charge is 0.497 e. The van der Waals surface area contributed by atoms with Gasteiger partial charge in [-0.15, -0.1) is 0 Å². The van der Waals surface area contributed by atoms with Crippen LogP contribution in [0.4, 0.5) is 0 Å². The number of hydrogen-bond acceptors (Lipinski definition) is 5. The molecule has 108 valence electrons. The molecule has 3 rings (SSSR count). The highest BCUT2D eigenvalue weighted by molar-refractivity contribution is 5.82. The van der Waals surface area contributed by atoms with Crippen LogP contribution in [0.2, 0.25) is 0 Å². The Morgan fingerprint density at radius 3 is 3.00 bits per heavy atom. The first-order chi connectivity index (χ1) is 9.85. The number of rotatable bonds is 4. The van der Waals surface area contributed by atoms with Gasteiger partial charge >= 0.3 is 0 Å². The van der Waals surface area contributed by atoms with Crippen LogP contribution in [0.3, 0.4) is 0 Å². The number of hydrogen-bond donors (Lipinski definition) is 1. The number of nitrogens with zero attached hydrogens (tertiary/aromatic N) is 2. The number of piperidine rings is 1. The van der Waals surface area contributed by atoms with E-state index in [1.165, 1.54) is 18.4 Å². The van der Waals surface area contributed by atoms with Crippen molar-refractivity contribution in [3.05, 3.63) is 29.3 Å². The number of ether oxygens (including phenoxy) is 1. The number of hydroxylamine groups is 1. The molecule has 0 bridgehead atoms. The van der Waals surface area contributed by atoms with Crippen LogP contribution in [0.25, 0.3) is 0 Å². The van der Waals surface area contributed by atoms with Gasteiger partial charge in [-0.2, -0.15) is 10.3 Å². The van der Waals surface area contributed by atoms with E-state index in [4.69, 9.17) is 9.57 Å². The quantitative estimate of drug-likeness (QED) is 0.910. The monoisotopic (exact) mass is 275 g/mol. The summed E-state index contributed by atoms with van der Waals surface area (Å²) in [6.07, 6.45) is 4.21. The van der Waals surface area contributed by atoms with E-state index in [-0.39, 0.29) is 0 Å². The minimum atomic E-state index is 0.637. The van der Waals surface area contributed by atoms with Gasteiger partial charge in [-0.05, 0) is 61.2 Å². The summed E-state index contributed by atoms with van der Waals surface area (Å²) in [4.78, 5) is 5.82. The molecule has 0 amide bonds. The van der Waals surface area contributed by atoms with Crippen LogP contribution < -0.4 is 10.1 Å². The molecule has 2 aliphatic heterocycles. The second-order valence-electron chi connectivity index (χ2n) is 5.31. The number of fused-ring (bicyclic) bond motifs is 1. The zero-order valence-corrected chi connectivity index (χ0v) is 11.8. The lowest BCUT2D eigenvalue weighted by atomic mass is 10.00. The SMILES string of the molecule is COc1ccc2c(c1)CN(OCC1CCNCC1)N=C2. The van der Waals surface area contributed by atoms with E-state index in [0.717, 1.165) is 31.0 Å². The van der Waals surface area contributed by atoms with Crippen molar-refractivity contribution in [1.82, 2.24) is 10.5 Å². The van der Waals surface area contributed by atoms with Crippen molar-refractivity contribution in [2.45, 2.75) is 19.4 Å². The standard InChI is InChI=1S/C15H21N3O2/c1-19-15-3-2-13-9-17-18(10-14(13)8-15)20-11-12-4-6-16-7-5-12/h2-3,8-9,12,16H,4-7,10-11H2,1H3. The molecule has 0 aliphatic carbocycles. The molecule has 1 aromatic rings. The second kappa shape index (κ2) is 6.24. The van der Waals surface area contributed by atoms with E-state index in [2.05, 4.69) is 10.4 Å². The molecule has 2 aliphatic rings. The van der Waals surface area contributed by atoms with Crippen molar-refractivity contribution in [2.24, 2.45) is 11.0 Å². The molecular weight excluding hydrogens is 254 g/mol. The first-order valence-corrected chi connectivity index (χ1v) is 7.17. The van der Waals surface area contributed by atoms with Crippen LogP contribution in [-0.2, 0) is 11.4 Å². The third kappa shape index (κ3) is 3.11. The smallest absolute Gasteiger partial charge is 0.119 e. The van der Waals surface area contributed by atoms with Gasteiger partial charge in [-0.25, -0.2) is 0 Å². The Hall–Kier alpha value is -1.59. The van der Waals surface area contributed by atoms with E-state index >= 15 is 0 Å². The van der Waals surface area contributed by atoms with Gasteiger partial charge in [0, 0.05) is 0 Å². The van der Waals surface area contributed by atoms with Gasteiger partial charge in [-0.3, -0.25) is 4.84 Å². The van der Waals surface area contributed by atoms with Gasteiger partial charge in [0.25, 0.3) is 0 Å². The van der Waals surface area contributed by atoms with Crippen LogP contribution in [0.5, 0.6) is 5.75 Å². The normalized spacial score (nSPS) is 18.9. The number of nitrogens with one attached hydrogen (secondary N) is 1. The molecule has 1 fully saturated rings. The van der Waals surface area contributed by atoms with Gasteiger partial charge < -0.3 is 10.1 Å². The van der Waals surface area contributed by atoms with Crippen LogP contribution in [-0.4, -0.2) is 38.2 Å². The first-order valence-electron chi connectivity index (χ1n) is 7.17. The Labute approximate surface area is 119 Å². The zero-order chi connectivity index (χ0) is 13.8. The molecule has 0 unspecified atom stereocenters. The first kappa shape index (κ1) is 13.4. The molecular formula is C15H21N3O2. The lowest BCUT2D eigenvalue weighted by molar-refractivity contribution is -0.179. The summed E-state index contributed by atoms with van der Waals surface area (Å²) < 4.78 is 5.26. The Bertz CT molecular complexity index is 484. The number of methoxy groups -OCH3 is 1. The molecule has 1 N–H and O–H groups in total. The fourth-order valence-electron chi connectivity index (χ4n) is 2.60. The average molecular weight is 275 g/mol. The molecule has 20 heavy (non-hydrogen) atoms. The van der Waals surface area contributed by atoms with Crippen LogP contribution in [0, 0.1) is 5.92 Å². The fourth-order valence-corrected chi connectivity index (χ4v) is 2.60. The molecule has 0 atom stereocenters. The van der Waals surface area contributed by atoms with Crippen molar-refractivity contribution < 1.29 is 9.57 Å². The van der Waals surface area contributed by atoms with E-state index in [1.807, 2.05) is 24.4 Å². The second-order valence-corrected chi connectivity index (χ2v) is 5.31. The van der Waals surface area contributed by atoms with Crippen molar-refractivity contribution in [3.8, 4) is 5.75 Å². The van der Waals surface area contributed by atoms with Gasteiger partial charge in [0.2, 0.25) is 0 Å². The highest BCUT2D eigenvalue weighted by atomic mass is 16.7. The van der Waals surface area contributed by atoms with Crippen LogP contribution in [0.15, 0.2) is 23.3 Å². The van der Waals surface area contributed by atoms with E-state index in [1.54, 1.807) is 12.3 Å². The average Bonchev–Trinajstić information content (AvgIpc) is 2.53. The Balaban J connectivity index is 1.57. The molecule has 2 heterocycles. The van der Waals surface area contributed by atoms with Gasteiger partial charge in [0.1, 0.15) is 5.75 Å². The van der Waals surface area contributed by atoms with Gasteiger partial charge in [-0.1, -0.05) is 0 Å². The summed E-state index contributed by atoms with van der Waals surface area (Å²) in [6, 6.07) is 6.03. The third-order valence-electron chi connectivity index (χ3n) is 3.90. The van der Waals surface area contributed by atoms with Crippen molar-refractivity contribution in [3.63, 3.8) is 0 Å². The number of benzene rings is 1. The minimum Gasteiger partial charge on any atom is -0.497 e. The lowest BCUT2D eigenvalue weighted by Crippen LogP contribution is -2.32. The summed E-state index contributed by atoms with van der Waals surface area (Å²) in [5.41, 5.74) is 2.32. The van der Waals surface area contributed by atoms with Crippen molar-refractivity contribution in [1.29, 1.82) is 0 Å². The highest BCUT2D eigenvalue weighted by Gasteiger charge is 2.17. The molecule has 1 aromatic carbocycles. The predicted octanol–water partition coefficient (Wildman–Crippen LogP) is 1.78. The Morgan fingerprint density at radius 1 is 1.35 bits per heavy atom. The Kier molecular flexibility index (Phi) is 4.18. The molecule has 0 saturated carbocycles. The molecule has 5 heteroatoms. The lowest BCUT2D eigenvalue weighted by Gasteiger charge is -2.27. The van der Waals surface area contributed by atoms with E-state index in [9.17, 15) is 0 Å². The van der Waals surface area contributed by atoms with Gasteiger partial charge in [0.15, 0.2) is 0 Å². The third-order valence-corrected chi connectivity index (χ3v) is 3.90. The topological polar surface area (TPSA) is 46.1 Å². The summed E-state index contributed by atoms with van der Waals surface area (Å²) in [5.74, 6) is 1.51. The summed E-state index contributed by atoms with van der Waals surface area (Å²) in [5, 5.41) is 9.39. The molecule has 0 radical (unpaired) electrons. The van der Waals surface area contributed by atoms with E-state index in [0.29, 0.717) is 12.5 Å². The van der Waals surface area contributed by atoms with Gasteiger partial charge in [0.05, 0.1) is 26.5 Å². The highest BCUT2D eigenvalue weighted by Crippen LogP contribution is 2.22. The zero-order valence-electron chi connectivity index (χ0n) is 11.8. The van der Waals surface area contributed by atoms with Crippen LogP contribution in [0.1, 0.15) is 24.0 Å². The summed E-state index contributed by atoms with van der Waals surface area (Å²) in [7, 11) is 1.68. The van der Waals surface area contributed by atoms with E-state index < -0.39 is 0 Å².